The van der Waals surface area contributed by atoms with E-state index < -0.39 is 10.0 Å². The van der Waals surface area contributed by atoms with E-state index in [1.807, 2.05) is 37.3 Å². The molecule has 1 unspecified atom stereocenters. The third-order valence-electron chi connectivity index (χ3n) is 3.28. The Morgan fingerprint density at radius 3 is 2.57 bits per heavy atom. The highest BCUT2D eigenvalue weighted by molar-refractivity contribution is 7.89. The molecule has 1 heterocycles. The summed E-state index contributed by atoms with van der Waals surface area (Å²) in [6.07, 6.45) is 1.54. The van der Waals surface area contributed by atoms with Gasteiger partial charge in [0.05, 0.1) is 5.69 Å². The second-order valence-electron chi connectivity index (χ2n) is 4.82. The van der Waals surface area contributed by atoms with Crippen molar-refractivity contribution in [3.05, 3.63) is 59.9 Å². The molecule has 0 aliphatic heterocycles. The molecule has 0 fully saturated rings. The van der Waals surface area contributed by atoms with Gasteiger partial charge in [-0.3, -0.25) is 4.98 Å². The first-order valence-electron chi connectivity index (χ1n) is 6.73. The van der Waals surface area contributed by atoms with E-state index in [1.54, 1.807) is 6.07 Å². The molecular formula is C15H19N3O2S. The summed E-state index contributed by atoms with van der Waals surface area (Å²) < 4.78 is 27.3. The summed E-state index contributed by atoms with van der Waals surface area (Å²) in [4.78, 5) is 4.15. The van der Waals surface area contributed by atoms with Crippen LogP contribution in [0.15, 0.2) is 53.6 Å². The van der Waals surface area contributed by atoms with E-state index in [4.69, 9.17) is 5.73 Å². The smallest absolute Gasteiger partial charge is 0.242 e. The number of benzene rings is 1. The summed E-state index contributed by atoms with van der Waals surface area (Å²) in [6, 6.07) is 12.9. The number of rotatable bonds is 6. The number of nitrogens with zero attached hydrogens (tertiary/aromatic N) is 1. The summed E-state index contributed by atoms with van der Waals surface area (Å²) in [5.41, 5.74) is 7.00. The van der Waals surface area contributed by atoms with Gasteiger partial charge < -0.3 is 5.73 Å². The average molecular weight is 305 g/mol. The Hall–Kier alpha value is -1.76. The lowest BCUT2D eigenvalue weighted by Gasteiger charge is -2.14. The molecule has 3 N–H and O–H groups in total. The highest BCUT2D eigenvalue weighted by Crippen LogP contribution is 2.16. The van der Waals surface area contributed by atoms with Crippen LogP contribution in [0, 0.1) is 0 Å². The Bertz CT molecular complexity index is 687. The number of pyridine rings is 1. The van der Waals surface area contributed by atoms with E-state index in [0.29, 0.717) is 12.2 Å². The van der Waals surface area contributed by atoms with Gasteiger partial charge in [-0.1, -0.05) is 37.3 Å². The van der Waals surface area contributed by atoms with Gasteiger partial charge >= 0.3 is 0 Å². The van der Waals surface area contributed by atoms with Crippen molar-refractivity contribution >= 4 is 10.0 Å². The van der Waals surface area contributed by atoms with Gasteiger partial charge in [0.25, 0.3) is 0 Å². The molecule has 0 saturated carbocycles. The van der Waals surface area contributed by atoms with Crippen LogP contribution in [-0.4, -0.2) is 19.9 Å². The van der Waals surface area contributed by atoms with Gasteiger partial charge in [0.1, 0.15) is 4.90 Å². The maximum Gasteiger partial charge on any atom is 0.242 e. The van der Waals surface area contributed by atoms with Gasteiger partial charge in [0.2, 0.25) is 10.0 Å². The molecule has 0 aliphatic rings. The molecule has 2 aromatic rings. The molecule has 1 atom stereocenters. The fraction of sp³-hybridized carbons (Fsp3) is 0.267. The van der Waals surface area contributed by atoms with E-state index in [2.05, 4.69) is 9.71 Å². The Morgan fingerprint density at radius 1 is 1.19 bits per heavy atom. The molecule has 21 heavy (non-hydrogen) atoms. The number of sulfonamides is 1. The minimum atomic E-state index is -3.60. The quantitative estimate of drug-likeness (QED) is 0.849. The predicted molar refractivity (Wildman–Crippen MR) is 82.2 cm³/mol. The molecule has 1 aromatic carbocycles. The maximum absolute atomic E-state index is 12.3. The van der Waals surface area contributed by atoms with Crippen LogP contribution in [0.5, 0.6) is 0 Å². The molecule has 1 aromatic heterocycles. The topological polar surface area (TPSA) is 85.1 Å². The first kappa shape index (κ1) is 15.6. The van der Waals surface area contributed by atoms with E-state index in [0.717, 1.165) is 5.56 Å². The summed E-state index contributed by atoms with van der Waals surface area (Å²) in [5, 5.41) is 0. The summed E-state index contributed by atoms with van der Waals surface area (Å²) in [6.45, 7) is 2.39. The zero-order valence-electron chi connectivity index (χ0n) is 11.9. The number of aromatic nitrogens is 1. The summed E-state index contributed by atoms with van der Waals surface area (Å²) in [5.74, 6) is 0.0824. The van der Waals surface area contributed by atoms with Crippen molar-refractivity contribution in [2.45, 2.75) is 24.3 Å². The zero-order valence-corrected chi connectivity index (χ0v) is 12.7. The first-order valence-corrected chi connectivity index (χ1v) is 8.21. The normalized spacial score (nSPS) is 13.0. The second kappa shape index (κ2) is 6.80. The van der Waals surface area contributed by atoms with E-state index >= 15 is 0 Å². The molecule has 112 valence electrons. The van der Waals surface area contributed by atoms with Crippen molar-refractivity contribution < 1.29 is 8.42 Å². The van der Waals surface area contributed by atoms with Gasteiger partial charge in [-0.05, 0) is 23.6 Å². The molecular weight excluding hydrogens is 286 g/mol. The van der Waals surface area contributed by atoms with Gasteiger partial charge in [-0.15, -0.1) is 0 Å². The molecule has 0 aliphatic carbocycles. The van der Waals surface area contributed by atoms with E-state index in [9.17, 15) is 8.42 Å². The average Bonchev–Trinajstić information content (AvgIpc) is 2.53. The second-order valence-corrected chi connectivity index (χ2v) is 6.55. The number of hydrogen-bond donors (Lipinski definition) is 2. The van der Waals surface area contributed by atoms with Crippen LogP contribution in [0.3, 0.4) is 0 Å². The molecule has 5 nitrogen and oxygen atoms in total. The van der Waals surface area contributed by atoms with E-state index in [-0.39, 0.29) is 17.4 Å². The van der Waals surface area contributed by atoms with Crippen molar-refractivity contribution in [2.75, 3.05) is 6.54 Å². The van der Waals surface area contributed by atoms with Gasteiger partial charge in [-0.2, -0.15) is 0 Å². The van der Waals surface area contributed by atoms with Crippen LogP contribution in [-0.2, 0) is 16.6 Å². The lowest BCUT2D eigenvalue weighted by atomic mass is 10.0. The summed E-state index contributed by atoms with van der Waals surface area (Å²) in [7, 11) is -3.60. The van der Waals surface area contributed by atoms with Crippen LogP contribution in [0.1, 0.15) is 24.1 Å². The largest absolute Gasteiger partial charge is 0.325 e. The molecule has 0 bridgehead atoms. The monoisotopic (exact) mass is 305 g/mol. The van der Waals surface area contributed by atoms with Crippen LogP contribution in [0.25, 0.3) is 0 Å². The van der Waals surface area contributed by atoms with Crippen molar-refractivity contribution in [3.8, 4) is 0 Å². The van der Waals surface area contributed by atoms with Crippen LogP contribution >= 0.6 is 0 Å². The minimum absolute atomic E-state index is 0.0824. The van der Waals surface area contributed by atoms with Gasteiger partial charge in [0, 0.05) is 19.3 Å². The van der Waals surface area contributed by atoms with Crippen molar-refractivity contribution in [1.82, 2.24) is 9.71 Å². The minimum Gasteiger partial charge on any atom is -0.325 e. The molecule has 0 saturated heterocycles. The SMILES string of the molecule is CC(CNS(=O)(=O)c1cccnc1CN)c1ccccc1. The van der Waals surface area contributed by atoms with Crippen molar-refractivity contribution in [1.29, 1.82) is 0 Å². The Kier molecular flexibility index (Phi) is 5.06. The molecule has 0 radical (unpaired) electrons. The van der Waals surface area contributed by atoms with Crippen LogP contribution in [0.2, 0.25) is 0 Å². The Morgan fingerprint density at radius 2 is 1.90 bits per heavy atom. The first-order chi connectivity index (χ1) is 10.0. The molecule has 6 heteroatoms. The Balaban J connectivity index is 2.12. The lowest BCUT2D eigenvalue weighted by molar-refractivity contribution is 0.573. The summed E-state index contributed by atoms with van der Waals surface area (Å²) >= 11 is 0. The van der Waals surface area contributed by atoms with Crippen molar-refractivity contribution in [2.24, 2.45) is 5.73 Å². The third-order valence-corrected chi connectivity index (χ3v) is 4.78. The highest BCUT2D eigenvalue weighted by Gasteiger charge is 2.19. The van der Waals surface area contributed by atoms with E-state index in [1.165, 1.54) is 12.3 Å². The van der Waals surface area contributed by atoms with Crippen LogP contribution < -0.4 is 10.5 Å². The standard InChI is InChI=1S/C15H19N3O2S/c1-12(13-6-3-2-4-7-13)11-18-21(19,20)15-8-5-9-17-14(15)10-16/h2-9,12,18H,10-11,16H2,1H3. The number of nitrogens with one attached hydrogen (secondary N) is 1. The van der Waals surface area contributed by atoms with Gasteiger partial charge in [-0.25, -0.2) is 13.1 Å². The predicted octanol–water partition coefficient (Wildman–Crippen LogP) is 1.62. The zero-order chi connectivity index (χ0) is 15.3. The lowest BCUT2D eigenvalue weighted by Crippen LogP contribution is -2.29. The fourth-order valence-corrected chi connectivity index (χ4v) is 3.36. The third kappa shape index (κ3) is 3.87. The Labute approximate surface area is 125 Å². The van der Waals surface area contributed by atoms with Crippen LogP contribution in [0.4, 0.5) is 0 Å². The van der Waals surface area contributed by atoms with Gasteiger partial charge in [0.15, 0.2) is 0 Å². The fourth-order valence-electron chi connectivity index (χ4n) is 2.03. The molecule has 0 spiro atoms. The number of hydrogen-bond acceptors (Lipinski definition) is 4. The molecule has 0 amide bonds. The molecule has 2 rings (SSSR count). The maximum atomic E-state index is 12.3. The highest BCUT2D eigenvalue weighted by atomic mass is 32.2. The van der Waals surface area contributed by atoms with Crippen molar-refractivity contribution in [3.63, 3.8) is 0 Å². The number of nitrogens with two attached hydrogens (primary N) is 1.